The molecule has 0 fully saturated rings. The van der Waals surface area contributed by atoms with Crippen LogP contribution in [0.2, 0.25) is 0 Å². The number of carbonyl (C=O) groups is 2. The Kier molecular flexibility index (Phi) is 24.1. The summed E-state index contributed by atoms with van der Waals surface area (Å²) in [6.07, 6.45) is 24.2. The molecule has 6 heteroatoms. The van der Waals surface area contributed by atoms with E-state index in [-0.39, 0.29) is 16.7 Å². The normalized spacial score (nSPS) is 10.6. The largest absolute Gasteiger partial charge is 0.477 e. The van der Waals surface area contributed by atoms with E-state index in [1.54, 1.807) is 0 Å². The summed E-state index contributed by atoms with van der Waals surface area (Å²) in [6, 6.07) is 0. The second-order valence-electron chi connectivity index (χ2n) is 9.09. The molecule has 0 heterocycles. The fourth-order valence-corrected chi connectivity index (χ4v) is 3.80. The van der Waals surface area contributed by atoms with Crippen LogP contribution in [-0.4, -0.2) is 29.9 Å². The zero-order valence-corrected chi connectivity index (χ0v) is 21.6. The third-order valence-electron chi connectivity index (χ3n) is 5.98. The van der Waals surface area contributed by atoms with Crippen LogP contribution >= 0.6 is 0 Å². The van der Waals surface area contributed by atoms with Gasteiger partial charge in [-0.05, 0) is 50.7 Å². The number of allylic oxidation sites excluding steroid dienone is 2. The van der Waals surface area contributed by atoms with Crippen LogP contribution in [0, 0.1) is 4.91 Å². The monoisotopic (exact) mass is 480 g/mol. The lowest BCUT2D eigenvalue weighted by Crippen LogP contribution is -2.12. The van der Waals surface area contributed by atoms with Gasteiger partial charge in [0, 0.05) is 12.8 Å². The van der Waals surface area contributed by atoms with Gasteiger partial charge in [-0.1, -0.05) is 90.2 Å². The Balaban J connectivity index is 3.21. The fraction of sp³-hybridized carbons (Fsp3) is 0.786. The van der Waals surface area contributed by atoms with Crippen LogP contribution in [0.4, 0.5) is 0 Å². The van der Waals surface area contributed by atoms with Crippen LogP contribution in [0.5, 0.6) is 0 Å². The minimum Gasteiger partial charge on any atom is -0.295 e. The summed E-state index contributed by atoms with van der Waals surface area (Å²) in [5, 5.41) is 0.272. The van der Waals surface area contributed by atoms with E-state index in [0.29, 0.717) is 26.1 Å². The number of carbonyl (C=O) groups excluding carboxylic acids is 2. The zero-order chi connectivity index (χ0) is 25.1. The smallest absolute Gasteiger partial charge is 0.295 e. The van der Waals surface area contributed by atoms with Gasteiger partial charge < -0.3 is 0 Å². The van der Waals surface area contributed by atoms with Gasteiger partial charge in [0.15, 0.2) is 24.8 Å². The molecule has 0 aliphatic heterocycles. The molecule has 6 nitrogen and oxygen atoms in total. The van der Waals surface area contributed by atoms with Gasteiger partial charge in [-0.15, -0.1) is 0 Å². The Morgan fingerprint density at radius 2 is 0.765 bits per heavy atom. The molecule has 0 spiro atoms. The van der Waals surface area contributed by atoms with Crippen molar-refractivity contribution >= 4 is 11.6 Å². The van der Waals surface area contributed by atoms with Crippen LogP contribution in [0.15, 0.2) is 25.3 Å². The predicted octanol–water partition coefficient (Wildman–Crippen LogP) is 7.94. The molecule has 0 aromatic heterocycles. The Morgan fingerprint density at radius 3 is 1.06 bits per heavy atom. The summed E-state index contributed by atoms with van der Waals surface area (Å²) in [6.45, 7) is 7.79. The van der Waals surface area contributed by atoms with Crippen molar-refractivity contribution in [2.24, 2.45) is 0 Å². The minimum atomic E-state index is 0.147. The summed E-state index contributed by atoms with van der Waals surface area (Å²) in [7, 11) is 0. The van der Waals surface area contributed by atoms with E-state index in [2.05, 4.69) is 13.2 Å². The molecule has 0 unspecified atom stereocenters. The minimum absolute atomic E-state index is 0.147. The molecule has 0 aromatic rings. The van der Waals surface area contributed by atoms with Crippen LogP contribution < -0.4 is 0 Å². The molecule has 0 aliphatic rings. The van der Waals surface area contributed by atoms with E-state index in [1.165, 1.54) is 63.5 Å². The highest BCUT2D eigenvalue weighted by molar-refractivity contribution is 5.89. The molecule has 0 bridgehead atoms. The van der Waals surface area contributed by atoms with Crippen molar-refractivity contribution in [2.75, 3.05) is 13.2 Å². The number of hydrogen-bond donors (Lipinski definition) is 0. The average Bonchev–Trinajstić information content (AvgIpc) is 2.84. The fourth-order valence-electron chi connectivity index (χ4n) is 3.80. The maximum absolute atomic E-state index is 11.5. The lowest BCUT2D eigenvalue weighted by atomic mass is 10.1. The molecule has 34 heavy (non-hydrogen) atoms. The third-order valence-corrected chi connectivity index (χ3v) is 5.98. The lowest BCUT2D eigenvalue weighted by Gasteiger charge is -2.02. The van der Waals surface area contributed by atoms with Gasteiger partial charge in [-0.3, -0.25) is 9.59 Å². The maximum atomic E-state index is 11.5. The highest BCUT2D eigenvalue weighted by atomic mass is 17.0. The van der Waals surface area contributed by atoms with E-state index < -0.39 is 0 Å². The summed E-state index contributed by atoms with van der Waals surface area (Å²) >= 11 is 0. The molecule has 0 radical (unpaired) electrons. The van der Waals surface area contributed by atoms with E-state index in [1.807, 2.05) is 0 Å². The van der Waals surface area contributed by atoms with Gasteiger partial charge in [0.25, 0.3) is 0 Å². The van der Waals surface area contributed by atoms with Crippen LogP contribution in [-0.2, 0) is 19.3 Å². The van der Waals surface area contributed by atoms with E-state index in [9.17, 15) is 14.5 Å². The molecule has 0 atom stereocenters. The number of unbranched alkanes of at least 4 members (excludes halogenated alkanes) is 16. The molecule has 0 aromatic carbocycles. The zero-order valence-electron chi connectivity index (χ0n) is 21.6. The van der Waals surface area contributed by atoms with E-state index in [4.69, 9.17) is 9.68 Å². The Hall–Kier alpha value is -1.98. The number of nitrogens with zero attached hydrogens (tertiary/aromatic N) is 1. The van der Waals surface area contributed by atoms with Crippen molar-refractivity contribution in [2.45, 2.75) is 128 Å². The second kappa shape index (κ2) is 25.6. The molecule has 0 aliphatic carbocycles. The van der Waals surface area contributed by atoms with Gasteiger partial charge >= 0.3 is 5.09 Å². The quantitative estimate of drug-likeness (QED) is 0.0645. The van der Waals surface area contributed by atoms with Gasteiger partial charge in [0.05, 0.1) is 0 Å². The SMILES string of the molecule is C=CC(=O)CCCCCCCCCCCO[N+](=O)OCCCCCCCCCCCC(=O)C=C. The van der Waals surface area contributed by atoms with Crippen molar-refractivity contribution in [1.29, 1.82) is 0 Å². The molecule has 0 saturated heterocycles. The maximum Gasteiger partial charge on any atom is 0.477 e. The number of hydrogen-bond acceptors (Lipinski definition) is 5. The Labute approximate surface area is 208 Å². The van der Waals surface area contributed by atoms with Crippen molar-refractivity contribution in [1.82, 2.24) is 0 Å². The molecular formula is C28H50NO5+. The summed E-state index contributed by atoms with van der Waals surface area (Å²) in [5.41, 5.74) is 0. The molecule has 0 N–H and O–H groups in total. The molecule has 0 saturated carbocycles. The first-order chi connectivity index (χ1) is 16.6. The predicted molar refractivity (Wildman–Crippen MR) is 138 cm³/mol. The van der Waals surface area contributed by atoms with E-state index >= 15 is 0 Å². The van der Waals surface area contributed by atoms with Crippen LogP contribution in [0.25, 0.3) is 0 Å². The number of ketones is 2. The standard InChI is InChI=1S/C28H50NO5/c1-3-27(30)23-19-15-11-7-5-9-13-17-21-25-33-29(32)34-26-22-18-14-10-6-8-12-16-20-24-28(31)4-2/h3-4H,1-2,5-26H2/q+1. The first-order valence-corrected chi connectivity index (χ1v) is 13.6. The Morgan fingerprint density at radius 1 is 0.500 bits per heavy atom. The molecule has 0 rings (SSSR count). The van der Waals surface area contributed by atoms with Gasteiger partial charge in [-0.2, -0.15) is 9.68 Å². The topological polar surface area (TPSA) is 72.7 Å². The van der Waals surface area contributed by atoms with Crippen molar-refractivity contribution in [3.05, 3.63) is 30.2 Å². The molecule has 0 amide bonds. The Bertz CT molecular complexity index is 501. The highest BCUT2D eigenvalue weighted by Crippen LogP contribution is 2.12. The third kappa shape index (κ3) is 24.7. The lowest BCUT2D eigenvalue weighted by molar-refractivity contribution is -0.981. The first kappa shape index (κ1) is 32.0. The summed E-state index contributed by atoms with van der Waals surface area (Å²) < 4.78 is 0. The van der Waals surface area contributed by atoms with Crippen LogP contribution in [0.3, 0.4) is 0 Å². The highest BCUT2D eigenvalue weighted by Gasteiger charge is 2.11. The summed E-state index contributed by atoms with van der Waals surface area (Å²) in [5.74, 6) is 0.295. The van der Waals surface area contributed by atoms with Gasteiger partial charge in [0.2, 0.25) is 0 Å². The van der Waals surface area contributed by atoms with Gasteiger partial charge in [-0.25, -0.2) is 0 Å². The van der Waals surface area contributed by atoms with Gasteiger partial charge in [0.1, 0.15) is 4.91 Å². The van der Waals surface area contributed by atoms with Crippen molar-refractivity contribution < 1.29 is 24.4 Å². The summed E-state index contributed by atoms with van der Waals surface area (Å²) in [4.78, 5) is 43.8. The van der Waals surface area contributed by atoms with Crippen molar-refractivity contribution in [3.63, 3.8) is 0 Å². The average molecular weight is 481 g/mol. The van der Waals surface area contributed by atoms with Crippen molar-refractivity contribution in [3.8, 4) is 0 Å². The molecule has 196 valence electrons. The first-order valence-electron chi connectivity index (χ1n) is 13.6. The van der Waals surface area contributed by atoms with E-state index in [0.717, 1.165) is 64.2 Å². The second-order valence-corrected chi connectivity index (χ2v) is 9.09. The number of rotatable bonds is 28. The molecular weight excluding hydrogens is 430 g/mol. The van der Waals surface area contributed by atoms with Crippen LogP contribution in [0.1, 0.15) is 128 Å².